The molecule has 0 bridgehead atoms. The Morgan fingerprint density at radius 1 is 1.15 bits per heavy atom. The number of nitrogens with zero attached hydrogens (tertiary/aromatic N) is 5. The van der Waals surface area contributed by atoms with E-state index in [4.69, 9.17) is 5.14 Å². The van der Waals surface area contributed by atoms with Gasteiger partial charge in [0.25, 0.3) is 10.2 Å². The largest absolute Gasteiger partial charge is 0.355 e. The molecule has 3 N–H and O–H groups in total. The average molecular weight is 387 g/mol. The lowest BCUT2D eigenvalue weighted by atomic mass is 10.0. The van der Waals surface area contributed by atoms with Crippen LogP contribution in [0.4, 0.5) is 5.82 Å². The molecule has 1 aliphatic heterocycles. The molecule has 1 fully saturated rings. The van der Waals surface area contributed by atoms with E-state index in [0.717, 1.165) is 33.4 Å². The van der Waals surface area contributed by atoms with Gasteiger partial charge in [-0.3, -0.25) is 5.10 Å². The lowest BCUT2D eigenvalue weighted by Gasteiger charge is -2.23. The number of aryl methyl sites for hydroxylation is 1. The van der Waals surface area contributed by atoms with Gasteiger partial charge in [0, 0.05) is 43.3 Å². The smallest absolute Gasteiger partial charge is 0.276 e. The molecule has 10 heteroatoms. The van der Waals surface area contributed by atoms with Crippen molar-refractivity contribution in [2.24, 2.45) is 5.14 Å². The van der Waals surface area contributed by atoms with Gasteiger partial charge in [-0.15, -0.1) is 0 Å². The van der Waals surface area contributed by atoms with Crippen molar-refractivity contribution in [2.45, 2.75) is 13.3 Å². The third-order valence-corrected chi connectivity index (χ3v) is 5.97. The number of aromatic nitrogens is 4. The molecule has 0 spiro atoms. The Hall–Kier alpha value is -2.56. The van der Waals surface area contributed by atoms with Crippen molar-refractivity contribution in [1.82, 2.24) is 24.5 Å². The first-order valence-electron chi connectivity index (χ1n) is 8.71. The van der Waals surface area contributed by atoms with Crippen molar-refractivity contribution in [1.29, 1.82) is 0 Å². The molecule has 0 aliphatic carbocycles. The molecule has 0 radical (unpaired) electrons. The molecule has 1 aromatic carbocycles. The van der Waals surface area contributed by atoms with E-state index in [1.54, 1.807) is 12.5 Å². The van der Waals surface area contributed by atoms with Gasteiger partial charge in [0.1, 0.15) is 12.1 Å². The van der Waals surface area contributed by atoms with Gasteiger partial charge in [0.15, 0.2) is 0 Å². The highest BCUT2D eigenvalue weighted by atomic mass is 32.2. The molecule has 142 valence electrons. The van der Waals surface area contributed by atoms with Gasteiger partial charge in [0.2, 0.25) is 0 Å². The lowest BCUT2D eigenvalue weighted by molar-refractivity contribution is 0.434. The van der Waals surface area contributed by atoms with E-state index in [-0.39, 0.29) is 0 Å². The van der Waals surface area contributed by atoms with Crippen LogP contribution in [0.3, 0.4) is 0 Å². The molecular weight excluding hydrogens is 366 g/mol. The molecule has 27 heavy (non-hydrogen) atoms. The summed E-state index contributed by atoms with van der Waals surface area (Å²) in [7, 11) is -3.67. The summed E-state index contributed by atoms with van der Waals surface area (Å²) < 4.78 is 24.6. The van der Waals surface area contributed by atoms with Crippen molar-refractivity contribution in [3.8, 4) is 11.1 Å². The Labute approximate surface area is 157 Å². The molecule has 2 aromatic heterocycles. The summed E-state index contributed by atoms with van der Waals surface area (Å²) in [6.07, 6.45) is 5.88. The Morgan fingerprint density at radius 3 is 2.74 bits per heavy atom. The number of aromatic amines is 1. The first kappa shape index (κ1) is 17.8. The zero-order chi connectivity index (χ0) is 19.0. The van der Waals surface area contributed by atoms with Crippen LogP contribution < -0.4 is 10.0 Å². The van der Waals surface area contributed by atoms with Crippen molar-refractivity contribution < 1.29 is 8.42 Å². The van der Waals surface area contributed by atoms with E-state index in [2.05, 4.69) is 31.1 Å². The maximum atomic E-state index is 11.6. The molecule has 0 amide bonds. The van der Waals surface area contributed by atoms with Gasteiger partial charge in [-0.2, -0.15) is 17.8 Å². The standard InChI is InChI=1S/C17H21N7O2S/c1-12-7-15-16(8-14(12)13-9-21-22-10-13)19-11-20-17(15)23-3-2-4-24(6-5-23)27(18,25)26/h7-11H,2-6H2,1H3,(H,21,22)(H2,18,25,26). The maximum absolute atomic E-state index is 11.6. The Bertz CT molecular complexity index is 1070. The van der Waals surface area contributed by atoms with Crippen molar-refractivity contribution in [3.05, 3.63) is 36.4 Å². The third-order valence-electron chi connectivity index (χ3n) is 4.88. The molecule has 9 nitrogen and oxygen atoms in total. The number of nitrogens with two attached hydrogens (primary N) is 1. The number of hydrogen-bond acceptors (Lipinski definition) is 6. The van der Waals surface area contributed by atoms with Crippen LogP contribution in [0.5, 0.6) is 0 Å². The summed E-state index contributed by atoms with van der Waals surface area (Å²) in [5.41, 5.74) is 4.01. The number of anilines is 1. The number of benzene rings is 1. The highest BCUT2D eigenvalue weighted by Crippen LogP contribution is 2.31. The van der Waals surface area contributed by atoms with Crippen molar-refractivity contribution in [2.75, 3.05) is 31.1 Å². The van der Waals surface area contributed by atoms with E-state index < -0.39 is 10.2 Å². The maximum Gasteiger partial charge on any atom is 0.276 e. The molecule has 3 heterocycles. The normalized spacial score (nSPS) is 16.6. The van der Waals surface area contributed by atoms with Gasteiger partial charge in [-0.1, -0.05) is 0 Å². The fourth-order valence-electron chi connectivity index (χ4n) is 3.52. The Kier molecular flexibility index (Phi) is 4.54. The molecule has 4 rings (SSSR count). The minimum atomic E-state index is -3.67. The Balaban J connectivity index is 1.71. The van der Waals surface area contributed by atoms with Crippen LogP contribution in [0.2, 0.25) is 0 Å². The molecular formula is C17H21N7O2S. The van der Waals surface area contributed by atoms with Crippen LogP contribution in [0.25, 0.3) is 22.0 Å². The number of rotatable bonds is 3. The summed E-state index contributed by atoms with van der Waals surface area (Å²) in [6, 6.07) is 4.12. The van der Waals surface area contributed by atoms with Gasteiger partial charge in [-0.05, 0) is 36.6 Å². The second-order valence-corrected chi connectivity index (χ2v) is 8.20. The SMILES string of the molecule is Cc1cc2c(N3CCCN(S(N)(=O)=O)CC3)ncnc2cc1-c1cn[nH]c1. The fraction of sp³-hybridized carbons (Fsp3) is 0.353. The predicted octanol–water partition coefficient (Wildman–Crippen LogP) is 1.04. The molecule has 0 unspecified atom stereocenters. The van der Waals surface area contributed by atoms with Gasteiger partial charge in [0.05, 0.1) is 11.7 Å². The first-order valence-corrected chi connectivity index (χ1v) is 10.2. The van der Waals surface area contributed by atoms with Crippen LogP contribution in [0.15, 0.2) is 30.9 Å². The molecule has 0 atom stereocenters. The van der Waals surface area contributed by atoms with E-state index in [1.165, 1.54) is 4.31 Å². The number of fused-ring (bicyclic) bond motifs is 1. The zero-order valence-electron chi connectivity index (χ0n) is 15.0. The molecule has 0 saturated carbocycles. The lowest BCUT2D eigenvalue weighted by Crippen LogP contribution is -2.39. The number of hydrogen-bond donors (Lipinski definition) is 2. The fourth-order valence-corrected chi connectivity index (χ4v) is 4.24. The highest BCUT2D eigenvalue weighted by molar-refractivity contribution is 7.86. The number of nitrogens with one attached hydrogen (secondary N) is 1. The molecule has 1 saturated heterocycles. The monoisotopic (exact) mass is 387 g/mol. The van der Waals surface area contributed by atoms with Crippen LogP contribution in [0, 0.1) is 6.92 Å². The zero-order valence-corrected chi connectivity index (χ0v) is 15.8. The summed E-state index contributed by atoms with van der Waals surface area (Å²) in [6.45, 7) is 4.05. The summed E-state index contributed by atoms with van der Waals surface area (Å²) in [4.78, 5) is 11.0. The van der Waals surface area contributed by atoms with E-state index in [9.17, 15) is 8.42 Å². The van der Waals surface area contributed by atoms with Crippen LogP contribution in [-0.2, 0) is 10.2 Å². The van der Waals surface area contributed by atoms with E-state index >= 15 is 0 Å². The van der Waals surface area contributed by atoms with Crippen LogP contribution >= 0.6 is 0 Å². The number of H-pyrrole nitrogens is 1. The quantitative estimate of drug-likeness (QED) is 0.693. The van der Waals surface area contributed by atoms with Gasteiger partial charge < -0.3 is 4.90 Å². The van der Waals surface area contributed by atoms with E-state index in [1.807, 2.05) is 19.2 Å². The highest BCUT2D eigenvalue weighted by Gasteiger charge is 2.23. The van der Waals surface area contributed by atoms with Crippen molar-refractivity contribution in [3.63, 3.8) is 0 Å². The van der Waals surface area contributed by atoms with Crippen LogP contribution in [0.1, 0.15) is 12.0 Å². The second-order valence-electron chi connectivity index (χ2n) is 6.65. The summed E-state index contributed by atoms with van der Waals surface area (Å²) in [5.74, 6) is 0.818. The molecule has 1 aliphatic rings. The molecule has 3 aromatic rings. The Morgan fingerprint density at radius 2 is 2.00 bits per heavy atom. The minimum Gasteiger partial charge on any atom is -0.355 e. The third kappa shape index (κ3) is 3.51. The van der Waals surface area contributed by atoms with Gasteiger partial charge in [-0.25, -0.2) is 15.1 Å². The predicted molar refractivity (Wildman–Crippen MR) is 103 cm³/mol. The minimum absolute atomic E-state index is 0.344. The second kappa shape index (κ2) is 6.87. The van der Waals surface area contributed by atoms with Crippen molar-refractivity contribution >= 4 is 26.9 Å². The topological polar surface area (TPSA) is 121 Å². The average Bonchev–Trinajstić information content (AvgIpc) is 3.03. The van der Waals surface area contributed by atoms with E-state index in [0.29, 0.717) is 32.6 Å². The van der Waals surface area contributed by atoms with Crippen LogP contribution in [-0.4, -0.2) is 59.1 Å². The summed E-state index contributed by atoms with van der Waals surface area (Å²) in [5, 5.41) is 13.1. The first-order chi connectivity index (χ1) is 12.9. The van der Waals surface area contributed by atoms with Gasteiger partial charge >= 0.3 is 0 Å². The summed E-state index contributed by atoms with van der Waals surface area (Å²) >= 11 is 0.